The van der Waals surface area contributed by atoms with Gasteiger partial charge in [-0.05, 0) is 65.2 Å². The zero-order chi connectivity index (χ0) is 67.3. The second-order valence-corrected chi connectivity index (χ2v) is 25.4. The molecule has 4 aromatic carbocycles. The molecule has 498 valence electrons. The van der Waals surface area contributed by atoms with Crippen molar-refractivity contribution in [3.05, 3.63) is 158 Å². The predicted octanol–water partition coefficient (Wildman–Crippen LogP) is 8.66. The van der Waals surface area contributed by atoms with Crippen molar-refractivity contribution in [1.82, 2.24) is 39.0 Å². The van der Waals surface area contributed by atoms with Crippen molar-refractivity contribution in [3.63, 3.8) is 0 Å². The molecule has 0 bridgehead atoms. The van der Waals surface area contributed by atoms with Gasteiger partial charge in [0.2, 0.25) is 23.7 Å². The van der Waals surface area contributed by atoms with Crippen LogP contribution in [0.5, 0.6) is 17.2 Å². The summed E-state index contributed by atoms with van der Waals surface area (Å²) in [6, 6.07) is 29.7. The maximum atomic E-state index is 16.4. The number of phosphoric ester groups is 1. The van der Waals surface area contributed by atoms with Crippen LogP contribution >= 0.6 is 19.4 Å². The number of phosphoric acid groups is 1. The molecule has 4 aromatic heterocycles. The number of esters is 2. The van der Waals surface area contributed by atoms with E-state index in [0.717, 1.165) is 0 Å². The third-order valence-corrected chi connectivity index (χ3v) is 17.2. The number of anilines is 2. The van der Waals surface area contributed by atoms with E-state index in [1.807, 2.05) is 54.6 Å². The van der Waals surface area contributed by atoms with Gasteiger partial charge in [0, 0.05) is 24.0 Å². The molecule has 2 aliphatic heterocycles. The Labute approximate surface area is 543 Å². The van der Waals surface area contributed by atoms with Gasteiger partial charge in [0.15, 0.2) is 47.0 Å². The summed E-state index contributed by atoms with van der Waals surface area (Å²) in [5, 5.41) is 5.49. The SMILES string of the molecule is COc1ccc(C(OC[C@H]2O[C@@H](n3cnc4c(=O)[nH]c(NC(=O)C(C)C)nc43)[C@H](OC)[C@@H]2OP(=O)(OC[C@H]2O[C@@H](n3cnc4c(=O)[nH]c(NC(=O)C(C)C)nc43)[C@H](OC(=O)C(C)C)[C@@H]2OC(=O)C(C)C)Oc2ccc(Cl)cc2)(c2ccccc2)c2ccc(OC)cc2)cc1. The molecule has 2 fully saturated rings. The minimum atomic E-state index is -5.27. The fourth-order valence-corrected chi connectivity index (χ4v) is 12.0. The number of hydrogen-bond donors (Lipinski definition) is 4. The predicted molar refractivity (Wildman–Crippen MR) is 340 cm³/mol. The third-order valence-electron chi connectivity index (χ3n) is 15.6. The Bertz CT molecular complexity index is 4140. The van der Waals surface area contributed by atoms with Gasteiger partial charge < -0.3 is 42.4 Å². The van der Waals surface area contributed by atoms with Crippen molar-refractivity contribution in [1.29, 1.82) is 0 Å². The summed E-state index contributed by atoms with van der Waals surface area (Å²) in [6.07, 6.45) is -9.36. The van der Waals surface area contributed by atoms with Gasteiger partial charge in [0.25, 0.3) is 11.1 Å². The number of rotatable bonds is 26. The van der Waals surface area contributed by atoms with Crippen molar-refractivity contribution < 1.29 is 75.2 Å². The molecule has 10 rings (SSSR count). The minimum Gasteiger partial charge on any atom is -0.497 e. The lowest BCUT2D eigenvalue weighted by Gasteiger charge is -2.37. The first-order valence-corrected chi connectivity index (χ1v) is 31.9. The van der Waals surface area contributed by atoms with Crippen LogP contribution in [0, 0.1) is 23.7 Å². The van der Waals surface area contributed by atoms with Crippen molar-refractivity contribution >= 4 is 77.4 Å². The van der Waals surface area contributed by atoms with Crippen LogP contribution in [-0.2, 0) is 66.8 Å². The highest BCUT2D eigenvalue weighted by atomic mass is 35.5. The number of methoxy groups -OCH3 is 3. The van der Waals surface area contributed by atoms with Crippen LogP contribution in [0.4, 0.5) is 11.9 Å². The summed E-state index contributed by atoms with van der Waals surface area (Å²) in [4.78, 5) is 104. The standard InChI is InChI=1S/C64H72ClN10O18P/c1-33(2)54(76)70-62-68-52-46(56(78)72-62)66-31-74(52)58-50(85-11)49(44(88-58)29-86-64(37-15-13-12-14-16-37,38-17-23-41(83-9)24-18-38)39-19-25-42(84-10)26-20-39)93-94(82,92-43-27-21-40(65)22-28-43)87-30-45-48(90-60(80)35(5)6)51(91-61(81)36(7)8)59(89-45)75-32-67-47-53(75)69-63(73-57(47)79)71-55(77)34(3)4/h12-28,31-36,44-45,48-51,58-59H,29-30H2,1-11H3,(H2,68,70,72,76,78)(H2,69,71,73,77,79)/t44-,45-,48-,49-,50-,51-,58-,59-,94?/m1/s1. The molecule has 28 nitrogen and oxygen atoms in total. The molecular formula is C64H72ClN10O18P. The Balaban J connectivity index is 1.10. The van der Waals surface area contributed by atoms with Crippen molar-refractivity contribution in [2.45, 2.75) is 110 Å². The number of amides is 2. The minimum absolute atomic E-state index is 0.0632. The topological polar surface area (TPSA) is 338 Å². The maximum Gasteiger partial charge on any atom is 0.530 e. The van der Waals surface area contributed by atoms with E-state index in [1.54, 1.807) is 93.9 Å². The van der Waals surface area contributed by atoms with E-state index < -0.39 is 134 Å². The smallest absolute Gasteiger partial charge is 0.497 e. The van der Waals surface area contributed by atoms with Gasteiger partial charge in [-0.25, -0.2) is 14.5 Å². The number of halogens is 1. The Morgan fingerprint density at radius 3 is 1.49 bits per heavy atom. The number of fused-ring (bicyclic) bond motifs is 2. The summed E-state index contributed by atoms with van der Waals surface area (Å²) < 4.78 is 89.5. The highest BCUT2D eigenvalue weighted by Gasteiger charge is 2.56. The fourth-order valence-electron chi connectivity index (χ4n) is 10.5. The van der Waals surface area contributed by atoms with E-state index in [1.165, 1.54) is 53.2 Å². The van der Waals surface area contributed by atoms with Gasteiger partial charge in [-0.3, -0.25) is 67.6 Å². The number of nitrogens with one attached hydrogen (secondary N) is 4. The quantitative estimate of drug-likeness (QED) is 0.0224. The largest absolute Gasteiger partial charge is 0.530 e. The van der Waals surface area contributed by atoms with Crippen LogP contribution < -0.4 is 35.7 Å². The molecule has 30 heteroatoms. The zero-order valence-electron chi connectivity index (χ0n) is 53.2. The number of carbonyl (C=O) groups excluding carboxylic acids is 4. The van der Waals surface area contributed by atoms with Gasteiger partial charge in [0.1, 0.15) is 47.3 Å². The molecule has 2 aliphatic rings. The summed E-state index contributed by atoms with van der Waals surface area (Å²) in [6.45, 7) is 11.7. The molecule has 0 saturated carbocycles. The Kier molecular flexibility index (Phi) is 20.8. The van der Waals surface area contributed by atoms with Crippen molar-refractivity contribution in [2.24, 2.45) is 23.7 Å². The van der Waals surface area contributed by atoms with Crippen LogP contribution in [0.1, 0.15) is 84.5 Å². The number of carbonyl (C=O) groups is 4. The molecule has 0 aliphatic carbocycles. The third kappa shape index (κ3) is 14.4. The van der Waals surface area contributed by atoms with E-state index in [0.29, 0.717) is 28.2 Å². The number of imidazole rings is 2. The molecule has 4 N–H and O–H groups in total. The Morgan fingerprint density at radius 2 is 1.03 bits per heavy atom. The van der Waals surface area contributed by atoms with Crippen LogP contribution in [0.15, 0.2) is 125 Å². The van der Waals surface area contributed by atoms with Gasteiger partial charge in [-0.1, -0.05) is 122 Å². The average Bonchev–Trinajstić information content (AvgIpc) is 1.32. The van der Waals surface area contributed by atoms with Gasteiger partial charge >= 0.3 is 19.8 Å². The second-order valence-electron chi connectivity index (χ2n) is 23.4. The molecule has 6 heterocycles. The van der Waals surface area contributed by atoms with E-state index in [4.69, 9.17) is 63.1 Å². The first-order chi connectivity index (χ1) is 44.9. The van der Waals surface area contributed by atoms with Gasteiger partial charge in [-0.15, -0.1) is 0 Å². The lowest BCUT2D eigenvalue weighted by Crippen LogP contribution is -2.42. The van der Waals surface area contributed by atoms with E-state index in [-0.39, 0.29) is 45.0 Å². The molecule has 0 radical (unpaired) electrons. The highest BCUT2D eigenvalue weighted by molar-refractivity contribution is 7.49. The van der Waals surface area contributed by atoms with Gasteiger partial charge in [-0.2, -0.15) is 9.97 Å². The Hall–Kier alpha value is -8.86. The molecular weight excluding hydrogens is 1260 g/mol. The number of H-pyrrole nitrogens is 2. The van der Waals surface area contributed by atoms with Crippen molar-refractivity contribution in [2.75, 3.05) is 45.2 Å². The molecule has 0 spiro atoms. The van der Waals surface area contributed by atoms with E-state index in [2.05, 4.69) is 40.5 Å². The van der Waals surface area contributed by atoms with Crippen LogP contribution in [0.3, 0.4) is 0 Å². The number of hydrogen-bond acceptors (Lipinski definition) is 22. The van der Waals surface area contributed by atoms with Crippen LogP contribution in [0.25, 0.3) is 22.3 Å². The summed E-state index contributed by atoms with van der Waals surface area (Å²) in [5.74, 6) is -4.33. The maximum absolute atomic E-state index is 16.4. The van der Waals surface area contributed by atoms with Crippen molar-refractivity contribution in [3.8, 4) is 17.2 Å². The van der Waals surface area contributed by atoms with E-state index in [9.17, 15) is 28.8 Å². The first-order valence-electron chi connectivity index (χ1n) is 30.1. The summed E-state index contributed by atoms with van der Waals surface area (Å²) in [7, 11) is -0.830. The Morgan fingerprint density at radius 1 is 0.585 bits per heavy atom. The number of aromatic amines is 2. The second kappa shape index (κ2) is 28.8. The number of nitrogens with zero attached hydrogens (tertiary/aromatic N) is 6. The molecule has 8 aromatic rings. The van der Waals surface area contributed by atoms with E-state index >= 15 is 4.57 Å². The molecule has 2 amide bonds. The number of ether oxygens (including phenoxy) is 8. The molecule has 9 atom stereocenters. The highest BCUT2D eigenvalue weighted by Crippen LogP contribution is 2.55. The summed E-state index contributed by atoms with van der Waals surface area (Å²) in [5.41, 5.74) is -1.57. The van der Waals surface area contributed by atoms with Gasteiger partial charge in [0.05, 0.1) is 51.9 Å². The molecule has 94 heavy (non-hydrogen) atoms. The zero-order valence-corrected chi connectivity index (χ0v) is 54.8. The number of benzene rings is 4. The molecule has 2 saturated heterocycles. The average molecular weight is 1340 g/mol. The summed E-state index contributed by atoms with van der Waals surface area (Å²) >= 11 is 6.37. The fraction of sp³-hybridized carbons (Fsp3) is 0.406. The lowest BCUT2D eigenvalue weighted by atomic mass is 9.80. The normalized spacial score (nSPS) is 20.4. The molecule has 1 unspecified atom stereocenters. The monoisotopic (exact) mass is 1330 g/mol. The van der Waals surface area contributed by atoms with Crippen LogP contribution in [-0.4, -0.2) is 134 Å². The number of aromatic nitrogens is 8. The van der Waals surface area contributed by atoms with Crippen LogP contribution in [0.2, 0.25) is 5.02 Å². The lowest BCUT2D eigenvalue weighted by molar-refractivity contribution is -0.172. The first kappa shape index (κ1) is 68.0.